The number of rotatable bonds is 2. The van der Waals surface area contributed by atoms with Gasteiger partial charge in [0.25, 0.3) is 5.69 Å². The van der Waals surface area contributed by atoms with Crippen LogP contribution >= 0.6 is 15.9 Å². The van der Waals surface area contributed by atoms with Gasteiger partial charge in [-0.3, -0.25) is 10.1 Å². The molecule has 3 rings (SSSR count). The quantitative estimate of drug-likeness (QED) is 0.537. The molecule has 1 heterocycles. The van der Waals surface area contributed by atoms with Crippen LogP contribution in [0.1, 0.15) is 0 Å². The predicted octanol–water partition coefficient (Wildman–Crippen LogP) is 3.09. The fraction of sp³-hybridized carbons (Fsp3) is 0. The molecule has 7 heteroatoms. The van der Waals surface area contributed by atoms with Gasteiger partial charge in [-0.15, -0.1) is 5.10 Å². The second kappa shape index (κ2) is 4.43. The van der Waals surface area contributed by atoms with Crippen LogP contribution in [0.5, 0.6) is 0 Å². The van der Waals surface area contributed by atoms with Crippen molar-refractivity contribution in [2.45, 2.75) is 0 Å². The highest BCUT2D eigenvalue weighted by Crippen LogP contribution is 2.28. The standard InChI is InChI=1S/C12H7BrN4O2/c13-8-5-6-11(12(7-8)17(18)19)16-10-4-2-1-3-9(10)14-15-16/h1-7H. The van der Waals surface area contributed by atoms with Crippen LogP contribution in [0.3, 0.4) is 0 Å². The van der Waals surface area contributed by atoms with Crippen molar-refractivity contribution in [1.82, 2.24) is 15.0 Å². The molecule has 0 bridgehead atoms. The first-order valence-electron chi connectivity index (χ1n) is 5.41. The third-order valence-corrected chi connectivity index (χ3v) is 3.21. The number of nitro benzene ring substituents is 1. The van der Waals surface area contributed by atoms with Crippen LogP contribution < -0.4 is 0 Å². The Balaban J connectivity index is 2.30. The lowest BCUT2D eigenvalue weighted by Crippen LogP contribution is -2.01. The second-order valence-electron chi connectivity index (χ2n) is 3.88. The maximum atomic E-state index is 11.1. The zero-order valence-corrected chi connectivity index (χ0v) is 11.1. The van der Waals surface area contributed by atoms with E-state index < -0.39 is 4.92 Å². The van der Waals surface area contributed by atoms with E-state index in [1.54, 1.807) is 12.1 Å². The van der Waals surface area contributed by atoms with Crippen molar-refractivity contribution in [1.29, 1.82) is 0 Å². The summed E-state index contributed by atoms with van der Waals surface area (Å²) in [6.07, 6.45) is 0. The maximum Gasteiger partial charge on any atom is 0.296 e. The molecule has 0 atom stereocenters. The molecule has 0 radical (unpaired) electrons. The van der Waals surface area contributed by atoms with E-state index in [0.29, 0.717) is 15.7 Å². The predicted molar refractivity (Wildman–Crippen MR) is 73.2 cm³/mol. The topological polar surface area (TPSA) is 73.8 Å². The Bertz CT molecular complexity index is 784. The summed E-state index contributed by atoms with van der Waals surface area (Å²) in [5.41, 5.74) is 1.79. The van der Waals surface area contributed by atoms with Gasteiger partial charge in [-0.25, -0.2) is 4.68 Å². The first kappa shape index (κ1) is 11.8. The molecule has 0 fully saturated rings. The van der Waals surface area contributed by atoms with E-state index in [9.17, 15) is 10.1 Å². The molecule has 3 aromatic rings. The van der Waals surface area contributed by atoms with Gasteiger partial charge in [0.15, 0.2) is 0 Å². The van der Waals surface area contributed by atoms with Crippen LogP contribution in [0.25, 0.3) is 16.7 Å². The summed E-state index contributed by atoms with van der Waals surface area (Å²) >= 11 is 3.23. The molecule has 0 N–H and O–H groups in total. The molecule has 0 saturated carbocycles. The smallest absolute Gasteiger partial charge is 0.258 e. The zero-order valence-electron chi connectivity index (χ0n) is 9.52. The van der Waals surface area contributed by atoms with Crippen LogP contribution in [0.15, 0.2) is 46.9 Å². The van der Waals surface area contributed by atoms with Gasteiger partial charge in [-0.1, -0.05) is 33.3 Å². The highest BCUT2D eigenvalue weighted by atomic mass is 79.9. The molecule has 1 aromatic heterocycles. The zero-order chi connectivity index (χ0) is 13.4. The van der Waals surface area contributed by atoms with Gasteiger partial charge in [-0.05, 0) is 24.3 Å². The Morgan fingerprint density at radius 1 is 1.21 bits per heavy atom. The number of para-hydroxylation sites is 1. The highest BCUT2D eigenvalue weighted by molar-refractivity contribution is 9.10. The molecular formula is C12H7BrN4O2. The lowest BCUT2D eigenvalue weighted by Gasteiger charge is -2.03. The number of hydrogen-bond donors (Lipinski definition) is 0. The van der Waals surface area contributed by atoms with Gasteiger partial charge in [0, 0.05) is 10.5 Å². The Morgan fingerprint density at radius 3 is 2.79 bits per heavy atom. The molecule has 0 aliphatic rings. The second-order valence-corrected chi connectivity index (χ2v) is 4.80. The Hall–Kier alpha value is -2.28. The summed E-state index contributed by atoms with van der Waals surface area (Å²) in [7, 11) is 0. The average Bonchev–Trinajstić information content (AvgIpc) is 2.82. The van der Waals surface area contributed by atoms with E-state index in [-0.39, 0.29) is 5.69 Å². The molecule has 94 valence electrons. The van der Waals surface area contributed by atoms with Gasteiger partial charge in [0.05, 0.1) is 10.4 Å². The van der Waals surface area contributed by atoms with Gasteiger partial charge >= 0.3 is 0 Å². The number of nitro groups is 1. The molecule has 0 unspecified atom stereocenters. The van der Waals surface area contributed by atoms with Crippen molar-refractivity contribution in [2.24, 2.45) is 0 Å². The maximum absolute atomic E-state index is 11.1. The molecule has 19 heavy (non-hydrogen) atoms. The van der Waals surface area contributed by atoms with Crippen LogP contribution in [0, 0.1) is 10.1 Å². The van der Waals surface area contributed by atoms with Gasteiger partial charge in [-0.2, -0.15) is 0 Å². The Morgan fingerprint density at radius 2 is 2.00 bits per heavy atom. The minimum absolute atomic E-state index is 0.0231. The first-order valence-corrected chi connectivity index (χ1v) is 6.21. The van der Waals surface area contributed by atoms with Crippen LogP contribution in [0.4, 0.5) is 5.69 Å². The molecule has 2 aromatic carbocycles. The van der Waals surface area contributed by atoms with E-state index in [0.717, 1.165) is 5.52 Å². The van der Waals surface area contributed by atoms with Crippen molar-refractivity contribution in [2.75, 3.05) is 0 Å². The minimum atomic E-state index is -0.434. The number of aromatic nitrogens is 3. The van der Waals surface area contributed by atoms with E-state index >= 15 is 0 Å². The minimum Gasteiger partial charge on any atom is -0.258 e. The third kappa shape index (κ3) is 1.97. The fourth-order valence-corrected chi connectivity index (χ4v) is 2.22. The normalized spacial score (nSPS) is 10.8. The lowest BCUT2D eigenvalue weighted by molar-refractivity contribution is -0.384. The van der Waals surface area contributed by atoms with Crippen molar-refractivity contribution in [3.05, 3.63) is 57.1 Å². The summed E-state index contributed by atoms with van der Waals surface area (Å²) in [6, 6.07) is 12.1. The fourth-order valence-electron chi connectivity index (χ4n) is 1.87. The molecule has 0 aliphatic heterocycles. The molecular weight excluding hydrogens is 312 g/mol. The molecule has 0 spiro atoms. The summed E-state index contributed by atoms with van der Waals surface area (Å²) in [5, 5.41) is 19.1. The van der Waals surface area contributed by atoms with Crippen molar-refractivity contribution in [3.8, 4) is 5.69 Å². The van der Waals surface area contributed by atoms with Gasteiger partial charge in [0.1, 0.15) is 11.2 Å². The summed E-state index contributed by atoms with van der Waals surface area (Å²) in [4.78, 5) is 10.7. The number of nitrogens with zero attached hydrogens (tertiary/aromatic N) is 4. The number of fused-ring (bicyclic) bond motifs is 1. The van der Waals surface area contributed by atoms with E-state index in [4.69, 9.17) is 0 Å². The SMILES string of the molecule is O=[N+]([O-])c1cc(Br)ccc1-n1nnc2ccccc21. The number of benzene rings is 2. The largest absolute Gasteiger partial charge is 0.296 e. The summed E-state index contributed by atoms with van der Waals surface area (Å²) in [5.74, 6) is 0. The first-order chi connectivity index (χ1) is 9.16. The average molecular weight is 319 g/mol. The van der Waals surface area contributed by atoms with Gasteiger partial charge < -0.3 is 0 Å². The molecule has 0 saturated heterocycles. The van der Waals surface area contributed by atoms with Crippen molar-refractivity contribution < 1.29 is 4.92 Å². The van der Waals surface area contributed by atoms with Crippen molar-refractivity contribution in [3.63, 3.8) is 0 Å². The highest BCUT2D eigenvalue weighted by Gasteiger charge is 2.18. The van der Waals surface area contributed by atoms with Crippen LogP contribution in [-0.2, 0) is 0 Å². The monoisotopic (exact) mass is 318 g/mol. The third-order valence-electron chi connectivity index (χ3n) is 2.71. The summed E-state index contributed by atoms with van der Waals surface area (Å²) < 4.78 is 2.12. The molecule has 0 aliphatic carbocycles. The van der Waals surface area contributed by atoms with Crippen LogP contribution in [-0.4, -0.2) is 19.9 Å². The molecule has 0 amide bonds. The van der Waals surface area contributed by atoms with Gasteiger partial charge in [0.2, 0.25) is 0 Å². The molecule has 6 nitrogen and oxygen atoms in total. The Kier molecular flexibility index (Phi) is 2.75. The Labute approximate surface area is 115 Å². The lowest BCUT2D eigenvalue weighted by atomic mass is 10.2. The van der Waals surface area contributed by atoms with Crippen LogP contribution in [0.2, 0.25) is 0 Å². The van der Waals surface area contributed by atoms with E-state index in [1.165, 1.54) is 10.7 Å². The van der Waals surface area contributed by atoms with E-state index in [1.807, 2.05) is 24.3 Å². The van der Waals surface area contributed by atoms with E-state index in [2.05, 4.69) is 26.2 Å². The number of hydrogen-bond acceptors (Lipinski definition) is 4. The number of halogens is 1. The van der Waals surface area contributed by atoms with Crippen molar-refractivity contribution >= 4 is 32.7 Å². The summed E-state index contributed by atoms with van der Waals surface area (Å²) in [6.45, 7) is 0.